The molecule has 1 saturated heterocycles. The third-order valence-electron chi connectivity index (χ3n) is 3.80. The van der Waals surface area contributed by atoms with Crippen LogP contribution >= 0.6 is 0 Å². The van der Waals surface area contributed by atoms with Crippen LogP contribution in [0.4, 0.5) is 0 Å². The van der Waals surface area contributed by atoms with Crippen LogP contribution in [0.15, 0.2) is 29.2 Å². The molecular formula is C15H18N2O3S. The van der Waals surface area contributed by atoms with Crippen molar-refractivity contribution in [1.29, 1.82) is 5.26 Å². The Morgan fingerprint density at radius 1 is 1.38 bits per heavy atom. The van der Waals surface area contributed by atoms with E-state index in [4.69, 9.17) is 5.26 Å². The minimum atomic E-state index is -3.56. The van der Waals surface area contributed by atoms with Crippen LogP contribution in [-0.4, -0.2) is 31.6 Å². The highest BCUT2D eigenvalue weighted by Gasteiger charge is 2.31. The number of nitriles is 1. The van der Waals surface area contributed by atoms with Crippen LogP contribution in [0.5, 0.6) is 0 Å². The minimum absolute atomic E-state index is 0.0410. The molecule has 1 unspecified atom stereocenters. The number of nitrogens with zero attached hydrogens (tertiary/aromatic N) is 2. The van der Waals surface area contributed by atoms with Crippen LogP contribution in [0, 0.1) is 17.2 Å². The van der Waals surface area contributed by atoms with Crippen LogP contribution < -0.4 is 0 Å². The smallest absolute Gasteiger partial charge is 0.243 e. The van der Waals surface area contributed by atoms with Gasteiger partial charge in [0, 0.05) is 19.0 Å². The first-order valence-electron chi connectivity index (χ1n) is 6.91. The normalized spacial score (nSPS) is 19.9. The van der Waals surface area contributed by atoms with Gasteiger partial charge in [0.05, 0.1) is 17.4 Å². The zero-order valence-electron chi connectivity index (χ0n) is 11.9. The van der Waals surface area contributed by atoms with Crippen molar-refractivity contribution in [1.82, 2.24) is 4.31 Å². The summed E-state index contributed by atoms with van der Waals surface area (Å²) in [5, 5.41) is 8.63. The molecule has 1 aromatic carbocycles. The van der Waals surface area contributed by atoms with Gasteiger partial charge in [0.25, 0.3) is 0 Å². The van der Waals surface area contributed by atoms with Gasteiger partial charge in [0.1, 0.15) is 5.78 Å². The second kappa shape index (κ2) is 6.37. The Hall–Kier alpha value is -1.71. The van der Waals surface area contributed by atoms with Crippen LogP contribution in [0.1, 0.15) is 25.3 Å². The molecule has 0 amide bonds. The summed E-state index contributed by atoms with van der Waals surface area (Å²) in [6, 6.07) is 8.39. The zero-order chi connectivity index (χ0) is 15.5. The maximum absolute atomic E-state index is 12.6. The van der Waals surface area contributed by atoms with Gasteiger partial charge in [-0.1, -0.05) is 12.1 Å². The van der Waals surface area contributed by atoms with Crippen molar-refractivity contribution < 1.29 is 13.2 Å². The van der Waals surface area contributed by atoms with E-state index in [9.17, 15) is 13.2 Å². The van der Waals surface area contributed by atoms with E-state index in [1.807, 2.05) is 6.07 Å². The highest BCUT2D eigenvalue weighted by molar-refractivity contribution is 7.89. The maximum Gasteiger partial charge on any atom is 0.243 e. The maximum atomic E-state index is 12.6. The van der Waals surface area contributed by atoms with Crippen molar-refractivity contribution in [2.45, 2.75) is 31.1 Å². The first kappa shape index (κ1) is 15.7. The molecule has 0 saturated carbocycles. The Morgan fingerprint density at radius 3 is 2.62 bits per heavy atom. The van der Waals surface area contributed by atoms with Gasteiger partial charge >= 0.3 is 0 Å². The number of carbonyl (C=O) groups excluding carboxylic acids is 1. The topological polar surface area (TPSA) is 78.2 Å². The van der Waals surface area contributed by atoms with Crippen LogP contribution in [0.3, 0.4) is 0 Å². The van der Waals surface area contributed by atoms with E-state index in [0.717, 1.165) is 12.0 Å². The van der Waals surface area contributed by atoms with E-state index in [1.54, 1.807) is 12.1 Å². The van der Waals surface area contributed by atoms with Gasteiger partial charge in [0.15, 0.2) is 0 Å². The number of carbonyl (C=O) groups is 1. The summed E-state index contributed by atoms with van der Waals surface area (Å²) < 4.78 is 26.5. The number of rotatable bonds is 4. The van der Waals surface area contributed by atoms with Crippen molar-refractivity contribution >= 4 is 15.8 Å². The second-order valence-electron chi connectivity index (χ2n) is 5.29. The Labute approximate surface area is 125 Å². The third kappa shape index (κ3) is 3.49. The molecule has 1 fully saturated rings. The molecule has 0 spiro atoms. The summed E-state index contributed by atoms with van der Waals surface area (Å²) >= 11 is 0. The molecule has 2 rings (SSSR count). The molecule has 6 heteroatoms. The third-order valence-corrected chi connectivity index (χ3v) is 5.68. The van der Waals surface area contributed by atoms with E-state index in [0.29, 0.717) is 13.0 Å². The number of ketones is 1. The molecule has 1 aromatic rings. The lowest BCUT2D eigenvalue weighted by Crippen LogP contribution is -2.41. The van der Waals surface area contributed by atoms with E-state index >= 15 is 0 Å². The Morgan fingerprint density at radius 2 is 2.05 bits per heavy atom. The molecule has 0 N–H and O–H groups in total. The Balaban J connectivity index is 2.21. The van der Waals surface area contributed by atoms with E-state index < -0.39 is 10.0 Å². The fraction of sp³-hybridized carbons (Fsp3) is 0.467. The summed E-state index contributed by atoms with van der Waals surface area (Å²) in [4.78, 5) is 11.7. The molecule has 1 heterocycles. The fourth-order valence-electron chi connectivity index (χ4n) is 2.51. The first-order valence-corrected chi connectivity index (χ1v) is 8.35. The van der Waals surface area contributed by atoms with Gasteiger partial charge in [0.2, 0.25) is 10.0 Å². The standard InChI is InChI=1S/C15H18N2O3S/c1-12(18)14-3-2-10-17(11-14)21(19,20)15-6-4-13(5-7-15)8-9-16/h4-7,14H,2-3,8,10-11H2,1H3. The summed E-state index contributed by atoms with van der Waals surface area (Å²) in [7, 11) is -3.56. The monoisotopic (exact) mass is 306 g/mol. The van der Waals surface area contributed by atoms with Gasteiger partial charge in [-0.2, -0.15) is 9.57 Å². The summed E-state index contributed by atoms with van der Waals surface area (Å²) in [6.07, 6.45) is 1.72. The molecule has 21 heavy (non-hydrogen) atoms. The van der Waals surface area contributed by atoms with Crippen LogP contribution in [-0.2, 0) is 21.2 Å². The van der Waals surface area contributed by atoms with Crippen LogP contribution in [0.25, 0.3) is 0 Å². The van der Waals surface area contributed by atoms with E-state index in [1.165, 1.54) is 23.4 Å². The largest absolute Gasteiger partial charge is 0.300 e. The Bertz CT molecular complexity index is 659. The zero-order valence-corrected chi connectivity index (χ0v) is 12.8. The van der Waals surface area contributed by atoms with Gasteiger partial charge in [-0.15, -0.1) is 0 Å². The summed E-state index contributed by atoms with van der Waals surface area (Å²) in [5.74, 6) is -0.161. The molecule has 1 aliphatic rings. The van der Waals surface area contributed by atoms with Gasteiger partial charge in [-0.3, -0.25) is 4.79 Å². The lowest BCUT2D eigenvalue weighted by molar-refractivity contribution is -0.121. The van der Waals surface area contributed by atoms with Crippen molar-refractivity contribution in [3.63, 3.8) is 0 Å². The van der Waals surface area contributed by atoms with E-state index in [2.05, 4.69) is 0 Å². The molecular weight excluding hydrogens is 288 g/mol. The number of Topliss-reactive ketones (excluding diaryl/α,β-unsaturated/α-hetero) is 1. The Kier molecular flexibility index (Phi) is 4.76. The van der Waals surface area contributed by atoms with Crippen molar-refractivity contribution in [2.24, 2.45) is 5.92 Å². The van der Waals surface area contributed by atoms with E-state index in [-0.39, 0.29) is 29.6 Å². The van der Waals surface area contributed by atoms with Gasteiger partial charge in [-0.05, 0) is 37.5 Å². The minimum Gasteiger partial charge on any atom is -0.300 e. The predicted octanol–water partition coefficient (Wildman–Crippen LogP) is 1.74. The highest BCUT2D eigenvalue weighted by Crippen LogP contribution is 2.24. The van der Waals surface area contributed by atoms with Crippen molar-refractivity contribution in [2.75, 3.05) is 13.1 Å². The molecule has 0 bridgehead atoms. The molecule has 0 aliphatic carbocycles. The average molecular weight is 306 g/mol. The van der Waals surface area contributed by atoms with Crippen molar-refractivity contribution in [3.8, 4) is 6.07 Å². The first-order chi connectivity index (χ1) is 9.95. The molecule has 0 radical (unpaired) electrons. The van der Waals surface area contributed by atoms with Crippen LogP contribution in [0.2, 0.25) is 0 Å². The number of hydrogen-bond donors (Lipinski definition) is 0. The SMILES string of the molecule is CC(=O)C1CCCN(S(=O)(=O)c2ccc(CC#N)cc2)C1. The summed E-state index contributed by atoms with van der Waals surface area (Å²) in [5.41, 5.74) is 0.789. The van der Waals surface area contributed by atoms with Crippen molar-refractivity contribution in [3.05, 3.63) is 29.8 Å². The van der Waals surface area contributed by atoms with Gasteiger partial charge in [-0.25, -0.2) is 8.42 Å². The number of benzene rings is 1. The quantitative estimate of drug-likeness (QED) is 0.849. The van der Waals surface area contributed by atoms with Gasteiger partial charge < -0.3 is 0 Å². The average Bonchev–Trinajstić information content (AvgIpc) is 2.48. The lowest BCUT2D eigenvalue weighted by atomic mass is 9.96. The number of piperidine rings is 1. The molecule has 5 nitrogen and oxygen atoms in total. The summed E-state index contributed by atoms with van der Waals surface area (Å²) in [6.45, 7) is 2.22. The predicted molar refractivity (Wildman–Crippen MR) is 77.9 cm³/mol. The second-order valence-corrected chi connectivity index (χ2v) is 7.23. The molecule has 1 aliphatic heterocycles. The highest BCUT2D eigenvalue weighted by atomic mass is 32.2. The molecule has 1 atom stereocenters. The lowest BCUT2D eigenvalue weighted by Gasteiger charge is -2.30. The number of sulfonamides is 1. The fourth-order valence-corrected chi connectivity index (χ4v) is 4.04. The number of hydrogen-bond acceptors (Lipinski definition) is 4. The molecule has 0 aromatic heterocycles. The molecule has 112 valence electrons.